The summed E-state index contributed by atoms with van der Waals surface area (Å²) in [6.07, 6.45) is 2.91. The van der Waals surface area contributed by atoms with E-state index in [0.29, 0.717) is 5.69 Å². The number of ether oxygens (including phenoxy) is 1. The highest BCUT2D eigenvalue weighted by Crippen LogP contribution is 2.29. The molecule has 6 nitrogen and oxygen atoms in total. The van der Waals surface area contributed by atoms with Crippen LogP contribution in [0.5, 0.6) is 0 Å². The number of nitrogens with one attached hydrogen (secondary N) is 1. The lowest BCUT2D eigenvalue weighted by molar-refractivity contribution is -0.149. The van der Waals surface area contributed by atoms with E-state index in [1.165, 1.54) is 10.1 Å². The fourth-order valence-electron chi connectivity index (χ4n) is 3.06. The zero-order chi connectivity index (χ0) is 17.8. The average Bonchev–Trinajstić information content (AvgIpc) is 2.92. The van der Waals surface area contributed by atoms with Gasteiger partial charge in [-0.25, -0.2) is 0 Å². The Balaban J connectivity index is 1.52. The molecule has 0 unspecified atom stereocenters. The quantitative estimate of drug-likeness (QED) is 0.827. The number of fused-ring (bicyclic) bond motifs is 1. The molecule has 1 aliphatic rings. The molecule has 1 N–H and O–H groups in total. The highest BCUT2D eigenvalue weighted by Gasteiger charge is 2.21. The van der Waals surface area contributed by atoms with E-state index in [9.17, 15) is 14.4 Å². The Morgan fingerprint density at radius 3 is 2.92 bits per heavy atom. The van der Waals surface area contributed by atoms with Crippen molar-refractivity contribution in [3.8, 4) is 0 Å². The molecule has 132 valence electrons. The van der Waals surface area contributed by atoms with Crippen LogP contribution in [0.3, 0.4) is 0 Å². The fraction of sp³-hybridized carbons (Fsp3) is 0.389. The van der Waals surface area contributed by atoms with Crippen molar-refractivity contribution < 1.29 is 14.3 Å². The molecule has 1 aromatic carbocycles. The predicted octanol–water partition coefficient (Wildman–Crippen LogP) is 1.96. The third-order valence-electron chi connectivity index (χ3n) is 4.33. The van der Waals surface area contributed by atoms with E-state index in [4.69, 9.17) is 4.74 Å². The van der Waals surface area contributed by atoms with Crippen molar-refractivity contribution in [3.05, 3.63) is 56.1 Å². The van der Waals surface area contributed by atoms with Gasteiger partial charge in [-0.15, -0.1) is 0 Å². The summed E-state index contributed by atoms with van der Waals surface area (Å²) in [7, 11) is 0. The number of aryl methyl sites for hydroxylation is 2. The van der Waals surface area contributed by atoms with Crippen LogP contribution in [0.4, 0.5) is 0 Å². The number of esters is 1. The molecule has 1 aliphatic carbocycles. The minimum atomic E-state index is -0.595. The average molecular weight is 360 g/mol. The molecule has 1 aromatic heterocycles. The van der Waals surface area contributed by atoms with Crippen molar-refractivity contribution in [2.24, 2.45) is 0 Å². The van der Waals surface area contributed by atoms with Crippen molar-refractivity contribution in [2.75, 3.05) is 6.61 Å². The van der Waals surface area contributed by atoms with Crippen LogP contribution in [0.2, 0.25) is 0 Å². The van der Waals surface area contributed by atoms with E-state index in [-0.39, 0.29) is 30.0 Å². The van der Waals surface area contributed by atoms with Gasteiger partial charge in [-0.2, -0.15) is 0 Å². The van der Waals surface area contributed by atoms with Gasteiger partial charge in [-0.3, -0.25) is 19.0 Å². The number of hydrogen-bond acceptors (Lipinski definition) is 5. The number of amides is 1. The van der Waals surface area contributed by atoms with Crippen LogP contribution in [-0.2, 0) is 27.3 Å². The summed E-state index contributed by atoms with van der Waals surface area (Å²) in [5.74, 6) is -0.924. The molecular formula is C18H20N2O4S. The molecule has 0 spiro atoms. The largest absolute Gasteiger partial charge is 0.454 e. The maximum atomic E-state index is 12.1. The SMILES string of the molecule is Cc1csc(=O)n1CC(=O)OCC(=O)N[C@@H]1CCCc2ccccc21. The first-order valence-corrected chi connectivity index (χ1v) is 9.10. The van der Waals surface area contributed by atoms with Crippen LogP contribution in [0.15, 0.2) is 34.4 Å². The Morgan fingerprint density at radius 1 is 1.36 bits per heavy atom. The van der Waals surface area contributed by atoms with E-state index in [2.05, 4.69) is 11.4 Å². The molecule has 1 amide bonds. The van der Waals surface area contributed by atoms with Gasteiger partial charge in [0.1, 0.15) is 6.54 Å². The smallest absolute Gasteiger partial charge is 0.326 e. The molecule has 7 heteroatoms. The van der Waals surface area contributed by atoms with Crippen LogP contribution in [0.25, 0.3) is 0 Å². The van der Waals surface area contributed by atoms with Crippen molar-refractivity contribution in [1.29, 1.82) is 0 Å². The molecule has 0 radical (unpaired) electrons. The zero-order valence-electron chi connectivity index (χ0n) is 14.0. The standard InChI is InChI=1S/C18H20N2O4S/c1-12-11-25-18(23)20(12)9-17(22)24-10-16(21)19-15-8-4-6-13-5-2-3-7-14(13)15/h2-3,5,7,11,15H,4,6,8-10H2,1H3,(H,19,21)/t15-/m1/s1. The van der Waals surface area contributed by atoms with Gasteiger partial charge in [0, 0.05) is 11.1 Å². The van der Waals surface area contributed by atoms with E-state index in [1.54, 1.807) is 12.3 Å². The Morgan fingerprint density at radius 2 is 2.16 bits per heavy atom. The Hall–Kier alpha value is -2.41. The fourth-order valence-corrected chi connectivity index (χ4v) is 3.79. The van der Waals surface area contributed by atoms with Crippen LogP contribution in [0.1, 0.15) is 35.7 Å². The number of hydrogen-bond donors (Lipinski definition) is 1. The normalized spacial score (nSPS) is 16.1. The van der Waals surface area contributed by atoms with Crippen LogP contribution >= 0.6 is 11.3 Å². The first-order chi connectivity index (χ1) is 12.0. The molecule has 0 fully saturated rings. The lowest BCUT2D eigenvalue weighted by Gasteiger charge is -2.26. The lowest BCUT2D eigenvalue weighted by atomic mass is 9.88. The minimum absolute atomic E-state index is 0.0436. The number of thiazole rings is 1. The van der Waals surface area contributed by atoms with Crippen molar-refractivity contribution in [1.82, 2.24) is 9.88 Å². The number of benzene rings is 1. The van der Waals surface area contributed by atoms with E-state index in [0.717, 1.165) is 36.2 Å². The van der Waals surface area contributed by atoms with Crippen molar-refractivity contribution in [2.45, 2.75) is 38.8 Å². The summed E-state index contributed by atoms with van der Waals surface area (Å²) < 4.78 is 6.35. The number of carbonyl (C=O) groups excluding carboxylic acids is 2. The summed E-state index contributed by atoms with van der Waals surface area (Å²) >= 11 is 1.03. The Kier molecular flexibility index (Phi) is 5.33. The topological polar surface area (TPSA) is 77.4 Å². The van der Waals surface area contributed by atoms with Gasteiger partial charge in [0.15, 0.2) is 6.61 Å². The Bertz CT molecular complexity index is 840. The lowest BCUT2D eigenvalue weighted by Crippen LogP contribution is -2.34. The number of aromatic nitrogens is 1. The maximum Gasteiger partial charge on any atom is 0.326 e. The molecule has 0 bridgehead atoms. The Labute approximate surface area is 149 Å². The van der Waals surface area contributed by atoms with E-state index < -0.39 is 5.97 Å². The van der Waals surface area contributed by atoms with Crippen LogP contribution < -0.4 is 10.2 Å². The molecule has 1 atom stereocenters. The molecule has 25 heavy (non-hydrogen) atoms. The second-order valence-electron chi connectivity index (χ2n) is 6.10. The molecule has 1 heterocycles. The molecule has 2 aromatic rings. The van der Waals surface area contributed by atoms with Gasteiger partial charge in [-0.05, 0) is 37.3 Å². The second kappa shape index (κ2) is 7.65. The summed E-state index contributed by atoms with van der Waals surface area (Å²) in [6, 6.07) is 8.02. The van der Waals surface area contributed by atoms with Gasteiger partial charge in [0.2, 0.25) is 0 Å². The summed E-state index contributed by atoms with van der Waals surface area (Å²) in [6.45, 7) is 1.24. The first kappa shape index (κ1) is 17.4. The second-order valence-corrected chi connectivity index (χ2v) is 6.92. The van der Waals surface area contributed by atoms with Gasteiger partial charge >= 0.3 is 10.8 Å². The van der Waals surface area contributed by atoms with Gasteiger partial charge in [0.05, 0.1) is 6.04 Å². The minimum Gasteiger partial charge on any atom is -0.454 e. The predicted molar refractivity (Wildman–Crippen MR) is 94.5 cm³/mol. The molecule has 0 aliphatic heterocycles. The monoisotopic (exact) mass is 360 g/mol. The first-order valence-electron chi connectivity index (χ1n) is 8.22. The van der Waals surface area contributed by atoms with Gasteiger partial charge in [-0.1, -0.05) is 35.6 Å². The number of carbonyl (C=O) groups is 2. The van der Waals surface area contributed by atoms with Crippen molar-refractivity contribution >= 4 is 23.2 Å². The van der Waals surface area contributed by atoms with E-state index >= 15 is 0 Å². The molecule has 0 saturated carbocycles. The van der Waals surface area contributed by atoms with Gasteiger partial charge < -0.3 is 10.1 Å². The maximum absolute atomic E-state index is 12.1. The summed E-state index contributed by atoms with van der Waals surface area (Å²) in [4.78, 5) is 35.3. The number of rotatable bonds is 5. The zero-order valence-corrected chi connectivity index (χ0v) is 14.8. The van der Waals surface area contributed by atoms with Crippen LogP contribution in [-0.4, -0.2) is 23.1 Å². The van der Waals surface area contributed by atoms with Gasteiger partial charge in [0.25, 0.3) is 5.91 Å². The third kappa shape index (κ3) is 4.17. The molecule has 0 saturated heterocycles. The summed E-state index contributed by atoms with van der Waals surface area (Å²) in [5, 5.41) is 4.61. The number of nitrogens with zero attached hydrogens (tertiary/aromatic N) is 1. The third-order valence-corrected chi connectivity index (χ3v) is 5.21. The van der Waals surface area contributed by atoms with Crippen LogP contribution in [0, 0.1) is 6.92 Å². The highest BCUT2D eigenvalue weighted by molar-refractivity contribution is 7.07. The van der Waals surface area contributed by atoms with E-state index in [1.807, 2.05) is 18.2 Å². The van der Waals surface area contributed by atoms with Crippen molar-refractivity contribution in [3.63, 3.8) is 0 Å². The summed E-state index contributed by atoms with van der Waals surface area (Å²) in [5.41, 5.74) is 3.09. The highest BCUT2D eigenvalue weighted by atomic mass is 32.1. The molecule has 3 rings (SSSR count). The molecular weight excluding hydrogens is 340 g/mol.